The summed E-state index contributed by atoms with van der Waals surface area (Å²) in [5, 5.41) is 4.02. The molecule has 0 atom stereocenters. The van der Waals surface area contributed by atoms with Crippen molar-refractivity contribution < 1.29 is 18.3 Å². The van der Waals surface area contributed by atoms with Gasteiger partial charge >= 0.3 is 6.61 Å². The fourth-order valence-corrected chi connectivity index (χ4v) is 1.90. The Balaban J connectivity index is 2.10. The Kier molecular flexibility index (Phi) is 5.40. The molecule has 0 radical (unpaired) electrons. The van der Waals surface area contributed by atoms with Gasteiger partial charge in [-0.1, -0.05) is 0 Å². The molecule has 0 bridgehead atoms. The van der Waals surface area contributed by atoms with Gasteiger partial charge in [0.15, 0.2) is 11.5 Å². The SMILES string of the molecule is COc1cc(/C=N\Nc2nc(C)cc(C)n2)ccc1OC(F)F. The molecule has 0 unspecified atom stereocenters. The van der Waals surface area contributed by atoms with E-state index in [1.807, 2.05) is 19.9 Å². The third kappa shape index (κ3) is 4.87. The fraction of sp³-hybridized carbons (Fsp3) is 0.267. The van der Waals surface area contributed by atoms with Crippen LogP contribution in [-0.2, 0) is 0 Å². The number of ether oxygens (including phenoxy) is 2. The second-order valence-corrected chi connectivity index (χ2v) is 4.63. The van der Waals surface area contributed by atoms with Gasteiger partial charge in [0.1, 0.15) is 0 Å². The van der Waals surface area contributed by atoms with Crippen LogP contribution in [0.1, 0.15) is 17.0 Å². The molecule has 1 N–H and O–H groups in total. The number of hydrazone groups is 1. The molecule has 23 heavy (non-hydrogen) atoms. The molecule has 1 heterocycles. The van der Waals surface area contributed by atoms with Crippen LogP contribution >= 0.6 is 0 Å². The number of anilines is 1. The fourth-order valence-electron chi connectivity index (χ4n) is 1.90. The molecule has 0 aliphatic rings. The van der Waals surface area contributed by atoms with Gasteiger partial charge in [0.2, 0.25) is 5.95 Å². The summed E-state index contributed by atoms with van der Waals surface area (Å²) in [6, 6.07) is 6.35. The number of methoxy groups -OCH3 is 1. The van der Waals surface area contributed by atoms with Crippen molar-refractivity contribution in [1.82, 2.24) is 9.97 Å². The van der Waals surface area contributed by atoms with Gasteiger partial charge in [-0.2, -0.15) is 13.9 Å². The summed E-state index contributed by atoms with van der Waals surface area (Å²) in [6.45, 7) is 0.804. The Morgan fingerprint density at radius 3 is 2.43 bits per heavy atom. The molecule has 0 spiro atoms. The lowest BCUT2D eigenvalue weighted by Gasteiger charge is -2.10. The van der Waals surface area contributed by atoms with Crippen molar-refractivity contribution in [2.24, 2.45) is 5.10 Å². The molecule has 0 saturated carbocycles. The Bertz CT molecular complexity index is 688. The highest BCUT2D eigenvalue weighted by Gasteiger charge is 2.10. The molecule has 2 rings (SSSR count). The number of rotatable bonds is 6. The lowest BCUT2D eigenvalue weighted by Crippen LogP contribution is -2.04. The highest BCUT2D eigenvalue weighted by molar-refractivity contribution is 5.81. The van der Waals surface area contributed by atoms with Crippen LogP contribution in [0.4, 0.5) is 14.7 Å². The number of hydrogen-bond donors (Lipinski definition) is 1. The zero-order valence-electron chi connectivity index (χ0n) is 12.9. The van der Waals surface area contributed by atoms with Gasteiger partial charge in [-0.05, 0) is 43.7 Å². The number of nitrogens with zero attached hydrogens (tertiary/aromatic N) is 3. The quantitative estimate of drug-likeness (QED) is 0.653. The number of halogens is 2. The summed E-state index contributed by atoms with van der Waals surface area (Å²) >= 11 is 0. The normalized spacial score (nSPS) is 11.0. The Morgan fingerprint density at radius 2 is 1.83 bits per heavy atom. The van der Waals surface area contributed by atoms with E-state index in [1.54, 1.807) is 6.07 Å². The van der Waals surface area contributed by atoms with Gasteiger partial charge < -0.3 is 9.47 Å². The van der Waals surface area contributed by atoms with E-state index in [2.05, 4.69) is 25.2 Å². The monoisotopic (exact) mass is 322 g/mol. The van der Waals surface area contributed by atoms with Crippen molar-refractivity contribution in [2.75, 3.05) is 12.5 Å². The van der Waals surface area contributed by atoms with Crippen LogP contribution < -0.4 is 14.9 Å². The zero-order chi connectivity index (χ0) is 16.8. The van der Waals surface area contributed by atoms with Crippen LogP contribution in [0.3, 0.4) is 0 Å². The third-order valence-electron chi connectivity index (χ3n) is 2.76. The average Bonchev–Trinajstić information content (AvgIpc) is 2.47. The maximum absolute atomic E-state index is 12.3. The Hall–Kier alpha value is -2.77. The largest absolute Gasteiger partial charge is 0.493 e. The molecule has 0 amide bonds. The van der Waals surface area contributed by atoms with E-state index in [-0.39, 0.29) is 11.5 Å². The van der Waals surface area contributed by atoms with Crippen LogP contribution in [0.5, 0.6) is 11.5 Å². The lowest BCUT2D eigenvalue weighted by molar-refractivity contribution is -0.0512. The first-order chi connectivity index (χ1) is 11.0. The van der Waals surface area contributed by atoms with Gasteiger partial charge in [-0.15, -0.1) is 0 Å². The van der Waals surface area contributed by atoms with E-state index in [0.29, 0.717) is 11.5 Å². The minimum Gasteiger partial charge on any atom is -0.493 e. The Labute approximate surface area is 132 Å². The van der Waals surface area contributed by atoms with Crippen LogP contribution in [0.15, 0.2) is 29.4 Å². The molecular formula is C15H16F2N4O2. The molecule has 0 saturated heterocycles. The molecular weight excluding hydrogens is 306 g/mol. The van der Waals surface area contributed by atoms with E-state index < -0.39 is 6.61 Å². The van der Waals surface area contributed by atoms with Gasteiger partial charge in [-0.3, -0.25) is 0 Å². The molecule has 0 fully saturated rings. The summed E-state index contributed by atoms with van der Waals surface area (Å²) in [4.78, 5) is 8.36. The topological polar surface area (TPSA) is 68.6 Å². The van der Waals surface area contributed by atoms with Gasteiger partial charge in [0.25, 0.3) is 0 Å². The minimum absolute atomic E-state index is 0.0368. The average molecular weight is 322 g/mol. The van der Waals surface area contributed by atoms with Crippen LogP contribution in [0.25, 0.3) is 0 Å². The van der Waals surface area contributed by atoms with Crippen LogP contribution in [0.2, 0.25) is 0 Å². The van der Waals surface area contributed by atoms with Crippen molar-refractivity contribution in [2.45, 2.75) is 20.5 Å². The van der Waals surface area contributed by atoms with E-state index in [1.165, 1.54) is 25.5 Å². The molecule has 8 heteroatoms. The van der Waals surface area contributed by atoms with Crippen LogP contribution in [0, 0.1) is 13.8 Å². The number of nitrogens with one attached hydrogen (secondary N) is 1. The van der Waals surface area contributed by atoms with Gasteiger partial charge in [-0.25, -0.2) is 15.4 Å². The maximum Gasteiger partial charge on any atom is 0.387 e. The van der Waals surface area contributed by atoms with Crippen LogP contribution in [-0.4, -0.2) is 29.9 Å². The molecule has 1 aromatic carbocycles. The molecule has 6 nitrogen and oxygen atoms in total. The number of benzene rings is 1. The summed E-state index contributed by atoms with van der Waals surface area (Å²) in [5.41, 5.74) is 5.00. The van der Waals surface area contributed by atoms with E-state index in [0.717, 1.165) is 11.4 Å². The molecule has 0 aliphatic carbocycles. The number of aromatic nitrogens is 2. The second-order valence-electron chi connectivity index (χ2n) is 4.63. The van der Waals surface area contributed by atoms with E-state index in [4.69, 9.17) is 4.74 Å². The summed E-state index contributed by atoms with van der Waals surface area (Å²) in [5.74, 6) is 0.533. The summed E-state index contributed by atoms with van der Waals surface area (Å²) in [7, 11) is 1.37. The second kappa shape index (κ2) is 7.48. The number of hydrogen-bond acceptors (Lipinski definition) is 6. The highest BCUT2D eigenvalue weighted by Crippen LogP contribution is 2.28. The maximum atomic E-state index is 12.3. The van der Waals surface area contributed by atoms with Gasteiger partial charge in [0.05, 0.1) is 13.3 Å². The van der Waals surface area contributed by atoms with Crippen molar-refractivity contribution in [3.63, 3.8) is 0 Å². The highest BCUT2D eigenvalue weighted by atomic mass is 19.3. The van der Waals surface area contributed by atoms with Gasteiger partial charge in [0, 0.05) is 11.4 Å². The summed E-state index contributed by atoms with van der Waals surface area (Å²) < 4.78 is 33.9. The van der Waals surface area contributed by atoms with Crippen molar-refractivity contribution in [1.29, 1.82) is 0 Å². The predicted molar refractivity (Wildman–Crippen MR) is 82.3 cm³/mol. The first-order valence-electron chi connectivity index (χ1n) is 6.72. The third-order valence-corrected chi connectivity index (χ3v) is 2.76. The molecule has 122 valence electrons. The smallest absolute Gasteiger partial charge is 0.387 e. The van der Waals surface area contributed by atoms with Crippen molar-refractivity contribution in [3.8, 4) is 11.5 Å². The molecule has 2 aromatic rings. The molecule has 1 aromatic heterocycles. The van der Waals surface area contributed by atoms with E-state index >= 15 is 0 Å². The first kappa shape index (κ1) is 16.6. The Morgan fingerprint density at radius 1 is 1.13 bits per heavy atom. The van der Waals surface area contributed by atoms with E-state index in [9.17, 15) is 8.78 Å². The standard InChI is InChI=1S/C15H16F2N4O2/c1-9-6-10(2)20-15(19-9)21-18-8-11-4-5-12(23-14(16)17)13(7-11)22-3/h4-8,14H,1-3H3,(H,19,20,21)/b18-8-. The summed E-state index contributed by atoms with van der Waals surface area (Å²) in [6.07, 6.45) is 1.50. The zero-order valence-corrected chi connectivity index (χ0v) is 12.9. The lowest BCUT2D eigenvalue weighted by atomic mass is 10.2. The minimum atomic E-state index is -2.91. The first-order valence-corrected chi connectivity index (χ1v) is 6.72. The number of aryl methyl sites for hydroxylation is 2. The van der Waals surface area contributed by atoms with Crippen molar-refractivity contribution in [3.05, 3.63) is 41.2 Å². The number of alkyl halides is 2. The van der Waals surface area contributed by atoms with Crippen molar-refractivity contribution >= 4 is 12.2 Å². The molecule has 0 aliphatic heterocycles. The predicted octanol–water partition coefficient (Wildman–Crippen LogP) is 3.15.